The van der Waals surface area contributed by atoms with E-state index in [2.05, 4.69) is 25.6 Å². The van der Waals surface area contributed by atoms with Gasteiger partial charge in [0.25, 0.3) is 0 Å². The Bertz CT molecular complexity index is 916. The lowest BCUT2D eigenvalue weighted by atomic mass is 10.3. The van der Waals surface area contributed by atoms with E-state index in [4.69, 9.17) is 16.3 Å². The molecule has 3 aromatic rings. The Hall–Kier alpha value is -2.39. The third-order valence-corrected chi connectivity index (χ3v) is 4.56. The maximum Gasteiger partial charge on any atom is 0.234 e. The van der Waals surface area contributed by atoms with E-state index in [9.17, 15) is 4.79 Å². The van der Waals surface area contributed by atoms with Crippen molar-refractivity contribution in [3.8, 4) is 5.75 Å². The van der Waals surface area contributed by atoms with E-state index >= 15 is 0 Å². The van der Waals surface area contributed by atoms with Crippen LogP contribution in [0.4, 0.5) is 5.69 Å². The highest BCUT2D eigenvalue weighted by Gasteiger charge is 2.14. The van der Waals surface area contributed by atoms with Crippen LogP contribution in [0.2, 0.25) is 5.02 Å². The van der Waals surface area contributed by atoms with Crippen LogP contribution in [0.5, 0.6) is 5.75 Å². The number of halogens is 1. The van der Waals surface area contributed by atoms with Crippen LogP contribution in [0, 0.1) is 0 Å². The fraction of sp³-hybridized carbons (Fsp3) is 0.267. The van der Waals surface area contributed by atoms with Crippen molar-refractivity contribution in [1.29, 1.82) is 0 Å². The van der Waals surface area contributed by atoms with Crippen LogP contribution in [0.25, 0.3) is 11.2 Å². The molecule has 130 valence electrons. The van der Waals surface area contributed by atoms with Gasteiger partial charge in [0.2, 0.25) is 5.91 Å². The van der Waals surface area contributed by atoms with Crippen LogP contribution in [0.1, 0.15) is 6.92 Å². The minimum Gasteiger partial charge on any atom is -0.495 e. The van der Waals surface area contributed by atoms with Crippen molar-refractivity contribution in [2.75, 3.05) is 18.2 Å². The van der Waals surface area contributed by atoms with Crippen molar-refractivity contribution in [3.63, 3.8) is 0 Å². The minimum atomic E-state index is -0.208. The number of carbonyl (C=O) groups is 1. The number of aryl methyl sites for hydroxylation is 1. The van der Waals surface area contributed by atoms with Gasteiger partial charge >= 0.3 is 0 Å². The van der Waals surface area contributed by atoms with Gasteiger partial charge in [0, 0.05) is 11.6 Å². The number of fused-ring (bicyclic) bond motifs is 1. The predicted octanol–water partition coefficient (Wildman–Crippen LogP) is 2.63. The molecule has 3 rings (SSSR count). The van der Waals surface area contributed by atoms with Crippen molar-refractivity contribution in [2.24, 2.45) is 0 Å². The Kier molecular flexibility index (Phi) is 5.34. The molecule has 0 saturated heterocycles. The maximum absolute atomic E-state index is 12.2. The summed E-state index contributed by atoms with van der Waals surface area (Å²) >= 11 is 7.23. The summed E-state index contributed by atoms with van der Waals surface area (Å²) < 4.78 is 6.89. The average molecular weight is 379 g/mol. The second-order valence-electron chi connectivity index (χ2n) is 4.94. The highest BCUT2D eigenvalue weighted by atomic mass is 35.5. The Morgan fingerprint density at radius 1 is 1.40 bits per heavy atom. The summed E-state index contributed by atoms with van der Waals surface area (Å²) in [5, 5.41) is 12.0. The topological polar surface area (TPSA) is 94.8 Å². The Morgan fingerprint density at radius 3 is 3.00 bits per heavy atom. The largest absolute Gasteiger partial charge is 0.495 e. The molecular formula is C15H15ClN6O2S. The Labute approximate surface area is 152 Å². The first-order chi connectivity index (χ1) is 12.1. The van der Waals surface area contributed by atoms with Gasteiger partial charge in [-0.1, -0.05) is 28.6 Å². The average Bonchev–Trinajstić information content (AvgIpc) is 3.04. The molecule has 0 bridgehead atoms. The Morgan fingerprint density at radius 2 is 2.24 bits per heavy atom. The van der Waals surface area contributed by atoms with Crippen LogP contribution in [-0.2, 0) is 11.3 Å². The molecule has 1 N–H and O–H groups in total. The standard InChI is InChI=1S/C15H15ClN6O2S/c1-3-22-14-13(20-21-22)15(18-8-17-14)25-7-12(23)19-10-6-9(16)4-5-11(10)24-2/h4-6,8H,3,7H2,1-2H3,(H,19,23). The van der Waals surface area contributed by atoms with Crippen molar-refractivity contribution in [3.05, 3.63) is 29.5 Å². The summed E-state index contributed by atoms with van der Waals surface area (Å²) in [5.41, 5.74) is 1.75. The summed E-state index contributed by atoms with van der Waals surface area (Å²) in [5.74, 6) is 0.485. The van der Waals surface area contributed by atoms with E-state index in [1.807, 2.05) is 6.92 Å². The number of nitrogens with one attached hydrogen (secondary N) is 1. The lowest BCUT2D eigenvalue weighted by Crippen LogP contribution is -2.15. The van der Waals surface area contributed by atoms with Gasteiger partial charge in [-0.05, 0) is 25.1 Å². The second kappa shape index (κ2) is 7.66. The van der Waals surface area contributed by atoms with Crippen molar-refractivity contribution < 1.29 is 9.53 Å². The van der Waals surface area contributed by atoms with Crippen LogP contribution in [0.15, 0.2) is 29.6 Å². The molecule has 0 aliphatic rings. The van der Waals surface area contributed by atoms with E-state index < -0.39 is 0 Å². The number of aromatic nitrogens is 5. The van der Waals surface area contributed by atoms with Gasteiger partial charge in [-0.3, -0.25) is 4.79 Å². The molecule has 8 nitrogen and oxygen atoms in total. The first kappa shape index (κ1) is 17.4. The third-order valence-electron chi connectivity index (χ3n) is 3.34. The fourth-order valence-corrected chi connectivity index (χ4v) is 3.09. The highest BCUT2D eigenvalue weighted by molar-refractivity contribution is 8.00. The van der Waals surface area contributed by atoms with Crippen LogP contribution < -0.4 is 10.1 Å². The number of ether oxygens (including phenoxy) is 1. The second-order valence-corrected chi connectivity index (χ2v) is 6.34. The first-order valence-electron chi connectivity index (χ1n) is 7.42. The molecule has 0 saturated carbocycles. The normalized spacial score (nSPS) is 10.8. The smallest absolute Gasteiger partial charge is 0.234 e. The van der Waals surface area contributed by atoms with E-state index in [0.717, 1.165) is 0 Å². The molecule has 0 radical (unpaired) electrons. The molecule has 0 atom stereocenters. The van der Waals surface area contributed by atoms with Crippen LogP contribution in [-0.4, -0.2) is 43.7 Å². The summed E-state index contributed by atoms with van der Waals surface area (Å²) in [7, 11) is 1.53. The van der Waals surface area contributed by atoms with Crippen LogP contribution >= 0.6 is 23.4 Å². The van der Waals surface area contributed by atoms with Gasteiger partial charge in [0.05, 0.1) is 18.6 Å². The van der Waals surface area contributed by atoms with E-state index in [-0.39, 0.29) is 11.7 Å². The Balaban J connectivity index is 1.71. The van der Waals surface area contributed by atoms with Gasteiger partial charge in [0.1, 0.15) is 17.1 Å². The number of anilines is 1. The lowest BCUT2D eigenvalue weighted by Gasteiger charge is -2.10. The van der Waals surface area contributed by atoms with Crippen molar-refractivity contribution >= 4 is 46.1 Å². The number of rotatable bonds is 6. The maximum atomic E-state index is 12.2. The van der Waals surface area contributed by atoms with E-state index in [1.165, 1.54) is 25.2 Å². The van der Waals surface area contributed by atoms with Gasteiger partial charge in [-0.2, -0.15) is 0 Å². The molecule has 0 spiro atoms. The number of nitrogens with zero attached hydrogens (tertiary/aromatic N) is 5. The van der Waals surface area contributed by atoms with E-state index in [1.54, 1.807) is 22.9 Å². The summed E-state index contributed by atoms with van der Waals surface area (Å²) in [6, 6.07) is 5.03. The van der Waals surface area contributed by atoms with Gasteiger partial charge in [-0.15, -0.1) is 5.10 Å². The molecule has 2 heterocycles. The number of methoxy groups -OCH3 is 1. The quantitative estimate of drug-likeness (QED) is 0.520. The summed E-state index contributed by atoms with van der Waals surface area (Å²) in [4.78, 5) is 20.6. The van der Waals surface area contributed by atoms with Crippen molar-refractivity contribution in [2.45, 2.75) is 18.5 Å². The third kappa shape index (κ3) is 3.83. The molecule has 0 fully saturated rings. The predicted molar refractivity (Wildman–Crippen MR) is 96.1 cm³/mol. The number of amides is 1. The fourth-order valence-electron chi connectivity index (χ4n) is 2.19. The molecule has 0 aliphatic heterocycles. The molecule has 2 aromatic heterocycles. The summed E-state index contributed by atoms with van der Waals surface area (Å²) in [6.45, 7) is 2.61. The lowest BCUT2D eigenvalue weighted by molar-refractivity contribution is -0.113. The van der Waals surface area contributed by atoms with Gasteiger partial charge < -0.3 is 10.1 Å². The first-order valence-corrected chi connectivity index (χ1v) is 8.79. The summed E-state index contributed by atoms with van der Waals surface area (Å²) in [6.07, 6.45) is 1.44. The monoisotopic (exact) mass is 378 g/mol. The molecule has 1 aromatic carbocycles. The van der Waals surface area contributed by atoms with Gasteiger partial charge in [0.15, 0.2) is 11.2 Å². The highest BCUT2D eigenvalue weighted by Crippen LogP contribution is 2.28. The van der Waals surface area contributed by atoms with Gasteiger partial charge in [-0.25, -0.2) is 14.6 Å². The zero-order chi connectivity index (χ0) is 17.8. The van der Waals surface area contributed by atoms with E-state index in [0.29, 0.717) is 39.2 Å². The SMILES string of the molecule is CCn1nnc2c(SCC(=O)Nc3cc(Cl)ccc3OC)ncnc21. The molecule has 0 unspecified atom stereocenters. The molecule has 10 heteroatoms. The van der Waals surface area contributed by atoms with Crippen molar-refractivity contribution in [1.82, 2.24) is 25.0 Å². The molecule has 1 amide bonds. The zero-order valence-corrected chi connectivity index (χ0v) is 15.1. The number of carbonyl (C=O) groups excluding carboxylic acids is 1. The zero-order valence-electron chi connectivity index (χ0n) is 13.6. The number of thioether (sulfide) groups is 1. The number of hydrogen-bond acceptors (Lipinski definition) is 7. The molecule has 25 heavy (non-hydrogen) atoms. The number of benzene rings is 1. The minimum absolute atomic E-state index is 0.154. The number of hydrogen-bond donors (Lipinski definition) is 1. The molecular weight excluding hydrogens is 364 g/mol. The molecule has 0 aliphatic carbocycles. The van der Waals surface area contributed by atoms with Crippen LogP contribution in [0.3, 0.4) is 0 Å².